The van der Waals surface area contributed by atoms with Gasteiger partial charge in [-0.2, -0.15) is 13.2 Å². The van der Waals surface area contributed by atoms with Crippen molar-refractivity contribution in [2.45, 2.75) is 44.3 Å². The third-order valence-electron chi connectivity index (χ3n) is 5.41. The summed E-state index contributed by atoms with van der Waals surface area (Å²) in [5.41, 5.74) is 1.09. The second-order valence-electron chi connectivity index (χ2n) is 7.43. The highest BCUT2D eigenvalue weighted by molar-refractivity contribution is 5.84. The number of carbonyl (C=O) groups excluding carboxylic acids is 1. The van der Waals surface area contributed by atoms with Crippen molar-refractivity contribution in [1.29, 1.82) is 0 Å². The number of Topliss-reactive ketones (excluding diaryl/α,β-unsaturated/α-hetero) is 1. The lowest BCUT2D eigenvalue weighted by Crippen LogP contribution is -2.30. The van der Waals surface area contributed by atoms with E-state index in [1.165, 1.54) is 25.2 Å². The van der Waals surface area contributed by atoms with Crippen LogP contribution < -0.4 is 5.32 Å². The van der Waals surface area contributed by atoms with Crippen molar-refractivity contribution in [3.63, 3.8) is 0 Å². The van der Waals surface area contributed by atoms with Crippen molar-refractivity contribution >= 4 is 5.78 Å². The number of alkyl halides is 3. The molecule has 0 aromatic carbocycles. The molecule has 0 unspecified atom stereocenters. The molecule has 1 N–H and O–H groups in total. The molecule has 0 radical (unpaired) electrons. The Morgan fingerprint density at radius 3 is 2.67 bits per heavy atom. The van der Waals surface area contributed by atoms with Gasteiger partial charge in [0.25, 0.3) is 0 Å². The molecule has 1 saturated carbocycles. The predicted octanol–water partition coefficient (Wildman–Crippen LogP) is 3.20. The van der Waals surface area contributed by atoms with Gasteiger partial charge >= 0.3 is 6.18 Å². The van der Waals surface area contributed by atoms with Gasteiger partial charge in [0.15, 0.2) is 0 Å². The molecule has 1 aliphatic heterocycles. The van der Waals surface area contributed by atoms with E-state index in [2.05, 4.69) is 20.3 Å². The quantitative estimate of drug-likeness (QED) is 0.868. The number of aromatic nitrogens is 3. The van der Waals surface area contributed by atoms with Gasteiger partial charge in [0.1, 0.15) is 17.8 Å². The van der Waals surface area contributed by atoms with E-state index in [1.807, 2.05) is 0 Å². The molecule has 1 atom stereocenters. The third-order valence-corrected chi connectivity index (χ3v) is 5.41. The summed E-state index contributed by atoms with van der Waals surface area (Å²) in [7, 11) is 0. The van der Waals surface area contributed by atoms with Crippen LogP contribution in [0.4, 0.5) is 13.2 Å². The number of nitrogens with zero attached hydrogens (tertiary/aromatic N) is 3. The number of pyridine rings is 1. The molecule has 2 aliphatic rings. The summed E-state index contributed by atoms with van der Waals surface area (Å²) in [4.78, 5) is 24.1. The summed E-state index contributed by atoms with van der Waals surface area (Å²) >= 11 is 0. The van der Waals surface area contributed by atoms with Crippen LogP contribution in [0.1, 0.15) is 37.1 Å². The Morgan fingerprint density at radius 2 is 2.04 bits per heavy atom. The summed E-state index contributed by atoms with van der Waals surface area (Å²) in [6.45, 7) is 0.933. The van der Waals surface area contributed by atoms with Crippen molar-refractivity contribution in [3.05, 3.63) is 42.1 Å². The van der Waals surface area contributed by atoms with Crippen molar-refractivity contribution in [1.82, 2.24) is 20.3 Å². The lowest BCUT2D eigenvalue weighted by molar-refractivity contribution is -0.141. The maximum Gasteiger partial charge on any atom is 0.433 e. The summed E-state index contributed by atoms with van der Waals surface area (Å²) in [6, 6.07) is 3.90. The highest BCUT2D eigenvalue weighted by Crippen LogP contribution is 2.52. The fourth-order valence-electron chi connectivity index (χ4n) is 3.53. The number of ketones is 1. The standard InChI is InChI=1S/C19H19F3N4O/c20-19(21,22)17-4-1-12(9-23-17)14-7-13(25-11-26-14)2-3-16(27)15-8-18(5-6-18)10-24-15/h1,4,7,9,11,15,24H,2-3,5-6,8,10H2/t15-/m0/s1. The number of aryl methyl sites for hydroxylation is 1. The molecule has 2 aromatic rings. The second kappa shape index (κ2) is 6.67. The highest BCUT2D eigenvalue weighted by Gasteiger charge is 2.49. The van der Waals surface area contributed by atoms with Gasteiger partial charge < -0.3 is 5.32 Å². The Kier molecular flexibility index (Phi) is 4.46. The van der Waals surface area contributed by atoms with Crippen molar-refractivity contribution in [3.8, 4) is 11.3 Å². The van der Waals surface area contributed by atoms with Crippen LogP contribution in [0.2, 0.25) is 0 Å². The van der Waals surface area contributed by atoms with Crippen LogP contribution in [0.15, 0.2) is 30.7 Å². The van der Waals surface area contributed by atoms with Crippen molar-refractivity contribution < 1.29 is 18.0 Å². The van der Waals surface area contributed by atoms with E-state index in [0.717, 1.165) is 25.2 Å². The van der Waals surface area contributed by atoms with Gasteiger partial charge in [-0.05, 0) is 49.3 Å². The molecule has 27 heavy (non-hydrogen) atoms. The summed E-state index contributed by atoms with van der Waals surface area (Å²) in [5.74, 6) is 0.190. The van der Waals surface area contributed by atoms with Gasteiger partial charge in [0.2, 0.25) is 0 Å². The van der Waals surface area contributed by atoms with Gasteiger partial charge in [-0.15, -0.1) is 0 Å². The second-order valence-corrected chi connectivity index (χ2v) is 7.43. The fourth-order valence-corrected chi connectivity index (χ4v) is 3.53. The number of rotatable bonds is 5. The van der Waals surface area contributed by atoms with E-state index in [9.17, 15) is 18.0 Å². The first kappa shape index (κ1) is 18.0. The Hall–Kier alpha value is -2.35. The minimum atomic E-state index is -4.47. The number of nitrogens with one attached hydrogen (secondary N) is 1. The minimum Gasteiger partial charge on any atom is -0.307 e. The average molecular weight is 376 g/mol. The Labute approximate surface area is 154 Å². The third kappa shape index (κ3) is 4.00. The van der Waals surface area contributed by atoms with E-state index in [0.29, 0.717) is 35.2 Å². The first-order valence-electron chi connectivity index (χ1n) is 8.95. The zero-order valence-corrected chi connectivity index (χ0v) is 14.6. The molecule has 4 rings (SSSR count). The van der Waals surface area contributed by atoms with Gasteiger partial charge in [-0.25, -0.2) is 9.97 Å². The number of hydrogen-bond acceptors (Lipinski definition) is 5. The molecule has 1 saturated heterocycles. The van der Waals surface area contributed by atoms with E-state index in [1.54, 1.807) is 6.07 Å². The van der Waals surface area contributed by atoms with E-state index < -0.39 is 11.9 Å². The largest absolute Gasteiger partial charge is 0.433 e. The number of hydrogen-bond donors (Lipinski definition) is 1. The zero-order chi connectivity index (χ0) is 19.1. The van der Waals surface area contributed by atoms with Gasteiger partial charge in [0, 0.05) is 30.4 Å². The van der Waals surface area contributed by atoms with E-state index in [4.69, 9.17) is 0 Å². The number of carbonyl (C=O) groups is 1. The smallest absolute Gasteiger partial charge is 0.307 e. The zero-order valence-electron chi connectivity index (χ0n) is 14.6. The maximum atomic E-state index is 12.6. The highest BCUT2D eigenvalue weighted by atomic mass is 19.4. The molecule has 8 heteroatoms. The molecular formula is C19H19F3N4O. The van der Waals surface area contributed by atoms with Crippen LogP contribution in [0, 0.1) is 5.41 Å². The average Bonchev–Trinajstić information content (AvgIpc) is 3.28. The molecule has 2 fully saturated rings. The Morgan fingerprint density at radius 1 is 1.22 bits per heavy atom. The topological polar surface area (TPSA) is 67.8 Å². The lowest BCUT2D eigenvalue weighted by atomic mass is 9.98. The van der Waals surface area contributed by atoms with Crippen LogP contribution in [-0.2, 0) is 17.4 Å². The Bertz CT molecular complexity index is 847. The van der Waals surface area contributed by atoms with E-state index >= 15 is 0 Å². The van der Waals surface area contributed by atoms with Crippen LogP contribution in [-0.4, -0.2) is 33.3 Å². The molecule has 3 heterocycles. The fraction of sp³-hybridized carbons (Fsp3) is 0.474. The first-order valence-corrected chi connectivity index (χ1v) is 8.95. The van der Waals surface area contributed by atoms with Crippen molar-refractivity contribution in [2.75, 3.05) is 6.54 Å². The summed E-state index contributed by atoms with van der Waals surface area (Å²) in [6.07, 6.45) is 2.25. The predicted molar refractivity (Wildman–Crippen MR) is 91.7 cm³/mol. The van der Waals surface area contributed by atoms with Crippen LogP contribution in [0.3, 0.4) is 0 Å². The van der Waals surface area contributed by atoms with Gasteiger partial charge in [0.05, 0.1) is 11.7 Å². The first-order chi connectivity index (χ1) is 12.8. The molecule has 5 nitrogen and oxygen atoms in total. The summed E-state index contributed by atoms with van der Waals surface area (Å²) in [5, 5.41) is 3.32. The molecule has 1 aliphatic carbocycles. The van der Waals surface area contributed by atoms with Crippen LogP contribution in [0.5, 0.6) is 0 Å². The van der Waals surface area contributed by atoms with Gasteiger partial charge in [-0.3, -0.25) is 9.78 Å². The summed E-state index contributed by atoms with van der Waals surface area (Å²) < 4.78 is 37.9. The van der Waals surface area contributed by atoms with Crippen molar-refractivity contribution in [2.24, 2.45) is 5.41 Å². The van der Waals surface area contributed by atoms with Crippen LogP contribution in [0.25, 0.3) is 11.3 Å². The molecule has 0 amide bonds. The monoisotopic (exact) mass is 376 g/mol. The molecule has 0 bridgehead atoms. The minimum absolute atomic E-state index is 0.0621. The molecule has 2 aromatic heterocycles. The molecule has 1 spiro atoms. The van der Waals surface area contributed by atoms with Gasteiger partial charge in [-0.1, -0.05) is 0 Å². The normalized spacial score (nSPS) is 20.8. The SMILES string of the molecule is O=C(CCc1cc(-c2ccc(C(F)(F)F)nc2)ncn1)[C@@H]1CC2(CC2)CN1. The maximum absolute atomic E-state index is 12.6. The molecular weight excluding hydrogens is 357 g/mol. The Balaban J connectivity index is 1.39. The lowest BCUT2D eigenvalue weighted by Gasteiger charge is -2.09. The number of halogens is 3. The van der Waals surface area contributed by atoms with E-state index in [-0.39, 0.29) is 11.8 Å². The van der Waals surface area contributed by atoms with Crippen LogP contribution >= 0.6 is 0 Å². The molecule has 142 valence electrons.